The van der Waals surface area contributed by atoms with E-state index >= 15 is 0 Å². The number of amides is 1. The minimum absolute atomic E-state index is 0. The Labute approximate surface area is 188 Å². The molecule has 2 N–H and O–H groups in total. The lowest BCUT2D eigenvalue weighted by molar-refractivity contribution is -0.127. The normalized spacial score (nSPS) is 20.2. The predicted molar refractivity (Wildman–Crippen MR) is 128 cm³/mol. The Morgan fingerprint density at radius 1 is 1.11 bits per heavy atom. The SMILES string of the molecule is CCNC(=NCC(C)CN1CCN(CC)CC1)NCCCN1CCCC1=O.I. The molecule has 2 saturated heterocycles. The lowest BCUT2D eigenvalue weighted by Gasteiger charge is -2.35. The largest absolute Gasteiger partial charge is 0.357 e. The van der Waals surface area contributed by atoms with Crippen molar-refractivity contribution in [3.63, 3.8) is 0 Å². The van der Waals surface area contributed by atoms with Gasteiger partial charge in [0.1, 0.15) is 0 Å². The standard InChI is InChI=1S/C20H40N6O.HI/c1-4-21-20(22-9-7-11-26-10-6-8-19(26)27)23-16-18(3)17-25-14-12-24(5-2)13-15-25;/h18H,4-17H2,1-3H3,(H2,21,22,23);1H. The molecule has 7 nitrogen and oxygen atoms in total. The van der Waals surface area contributed by atoms with Crippen LogP contribution in [-0.2, 0) is 4.79 Å². The Bertz CT molecular complexity index is 468. The van der Waals surface area contributed by atoms with E-state index < -0.39 is 0 Å². The average molecular weight is 508 g/mol. The van der Waals surface area contributed by atoms with Crippen molar-refractivity contribution in [2.45, 2.75) is 40.0 Å². The summed E-state index contributed by atoms with van der Waals surface area (Å²) in [5.41, 5.74) is 0. The minimum atomic E-state index is 0. The molecule has 2 fully saturated rings. The number of carbonyl (C=O) groups excluding carboxylic acids is 1. The van der Waals surface area contributed by atoms with Crippen molar-refractivity contribution < 1.29 is 4.79 Å². The lowest BCUT2D eigenvalue weighted by atomic mass is 10.1. The van der Waals surface area contributed by atoms with Crippen LogP contribution in [0.5, 0.6) is 0 Å². The zero-order valence-corrected chi connectivity index (χ0v) is 20.4. The summed E-state index contributed by atoms with van der Waals surface area (Å²) < 4.78 is 0. The number of likely N-dealkylation sites (N-methyl/N-ethyl adjacent to an activating group) is 1. The molecule has 8 heteroatoms. The third kappa shape index (κ3) is 9.26. The molecule has 164 valence electrons. The quantitative estimate of drug-likeness (QED) is 0.203. The summed E-state index contributed by atoms with van der Waals surface area (Å²) in [6, 6.07) is 0. The molecule has 0 aliphatic carbocycles. The number of rotatable bonds is 10. The first-order valence-corrected chi connectivity index (χ1v) is 10.9. The summed E-state index contributed by atoms with van der Waals surface area (Å²) >= 11 is 0. The first-order valence-electron chi connectivity index (χ1n) is 10.9. The van der Waals surface area contributed by atoms with Gasteiger partial charge in [0, 0.05) is 71.9 Å². The van der Waals surface area contributed by atoms with Crippen LogP contribution in [0.3, 0.4) is 0 Å². The van der Waals surface area contributed by atoms with E-state index in [1.54, 1.807) is 0 Å². The van der Waals surface area contributed by atoms with E-state index in [2.05, 4.69) is 41.2 Å². The van der Waals surface area contributed by atoms with Crippen molar-refractivity contribution in [3.05, 3.63) is 0 Å². The molecule has 0 aromatic heterocycles. The number of piperazine rings is 1. The zero-order chi connectivity index (χ0) is 19.5. The smallest absolute Gasteiger partial charge is 0.222 e. The summed E-state index contributed by atoms with van der Waals surface area (Å²) in [7, 11) is 0. The molecule has 0 radical (unpaired) electrons. The van der Waals surface area contributed by atoms with Gasteiger partial charge in [-0.05, 0) is 32.2 Å². The predicted octanol–water partition coefficient (Wildman–Crippen LogP) is 1.45. The van der Waals surface area contributed by atoms with Gasteiger partial charge in [0.25, 0.3) is 0 Å². The molecule has 1 unspecified atom stereocenters. The van der Waals surface area contributed by atoms with Gasteiger partial charge in [-0.25, -0.2) is 0 Å². The van der Waals surface area contributed by atoms with Gasteiger partial charge in [0.15, 0.2) is 5.96 Å². The molecule has 1 amide bonds. The number of guanidine groups is 1. The second-order valence-electron chi connectivity index (χ2n) is 7.82. The van der Waals surface area contributed by atoms with Gasteiger partial charge in [0.05, 0.1) is 0 Å². The molecule has 2 rings (SSSR count). The van der Waals surface area contributed by atoms with Crippen molar-refractivity contribution in [2.75, 3.05) is 72.0 Å². The average Bonchev–Trinajstić information content (AvgIpc) is 3.08. The Morgan fingerprint density at radius 3 is 2.43 bits per heavy atom. The Morgan fingerprint density at radius 2 is 1.82 bits per heavy atom. The van der Waals surface area contributed by atoms with E-state index in [0.717, 1.165) is 71.0 Å². The number of hydrogen-bond donors (Lipinski definition) is 2. The lowest BCUT2D eigenvalue weighted by Crippen LogP contribution is -2.47. The molecule has 0 bridgehead atoms. The van der Waals surface area contributed by atoms with Gasteiger partial charge >= 0.3 is 0 Å². The molecule has 0 spiro atoms. The topological polar surface area (TPSA) is 63.2 Å². The number of likely N-dealkylation sites (tertiary alicyclic amines) is 1. The Balaban J connectivity index is 0.00000392. The van der Waals surface area contributed by atoms with Crippen molar-refractivity contribution in [1.82, 2.24) is 25.3 Å². The number of hydrogen-bond acceptors (Lipinski definition) is 4. The molecule has 1 atom stereocenters. The monoisotopic (exact) mass is 508 g/mol. The summed E-state index contributed by atoms with van der Waals surface area (Å²) in [5.74, 6) is 1.76. The van der Waals surface area contributed by atoms with Crippen molar-refractivity contribution in [1.29, 1.82) is 0 Å². The highest BCUT2D eigenvalue weighted by Crippen LogP contribution is 2.09. The molecule has 28 heavy (non-hydrogen) atoms. The van der Waals surface area contributed by atoms with Crippen molar-refractivity contribution >= 4 is 35.8 Å². The molecule has 2 heterocycles. The highest BCUT2D eigenvalue weighted by Gasteiger charge is 2.19. The van der Waals surface area contributed by atoms with Crippen molar-refractivity contribution in [3.8, 4) is 0 Å². The maximum atomic E-state index is 11.6. The third-order valence-electron chi connectivity index (χ3n) is 5.46. The van der Waals surface area contributed by atoms with Gasteiger partial charge in [-0.1, -0.05) is 13.8 Å². The fraction of sp³-hybridized carbons (Fsp3) is 0.900. The van der Waals surface area contributed by atoms with Crippen LogP contribution in [0.15, 0.2) is 4.99 Å². The first kappa shape index (κ1) is 25.4. The number of carbonyl (C=O) groups is 1. The summed E-state index contributed by atoms with van der Waals surface area (Å²) in [5, 5.41) is 6.74. The molecule has 2 aliphatic heterocycles. The van der Waals surface area contributed by atoms with Crippen LogP contribution in [0.25, 0.3) is 0 Å². The van der Waals surface area contributed by atoms with E-state index in [1.807, 2.05) is 4.90 Å². The first-order chi connectivity index (χ1) is 13.1. The van der Waals surface area contributed by atoms with Crippen LogP contribution in [0.4, 0.5) is 0 Å². The molecule has 0 saturated carbocycles. The Hall–Kier alpha value is -0.610. The van der Waals surface area contributed by atoms with Gasteiger partial charge in [-0.3, -0.25) is 9.79 Å². The second-order valence-corrected chi connectivity index (χ2v) is 7.82. The van der Waals surface area contributed by atoms with E-state index in [4.69, 9.17) is 4.99 Å². The molecular formula is C20H41IN6O. The van der Waals surface area contributed by atoms with Crippen LogP contribution >= 0.6 is 24.0 Å². The van der Waals surface area contributed by atoms with Crippen LogP contribution in [0.1, 0.15) is 40.0 Å². The minimum Gasteiger partial charge on any atom is -0.357 e. The van der Waals surface area contributed by atoms with Gasteiger partial charge in [-0.15, -0.1) is 24.0 Å². The summed E-state index contributed by atoms with van der Waals surface area (Å²) in [6.07, 6.45) is 2.71. The summed E-state index contributed by atoms with van der Waals surface area (Å²) in [6.45, 7) is 18.0. The molecular weight excluding hydrogens is 467 g/mol. The highest BCUT2D eigenvalue weighted by molar-refractivity contribution is 14.0. The molecule has 0 aromatic rings. The number of nitrogens with one attached hydrogen (secondary N) is 2. The molecule has 0 aromatic carbocycles. The maximum absolute atomic E-state index is 11.6. The number of halogens is 1. The van der Waals surface area contributed by atoms with Crippen LogP contribution < -0.4 is 10.6 Å². The van der Waals surface area contributed by atoms with E-state index in [0.29, 0.717) is 11.8 Å². The Kier molecular flexibility index (Phi) is 13.1. The highest BCUT2D eigenvalue weighted by atomic mass is 127. The van der Waals surface area contributed by atoms with E-state index in [9.17, 15) is 4.79 Å². The van der Waals surface area contributed by atoms with Gasteiger partial charge in [-0.2, -0.15) is 0 Å². The molecule has 2 aliphatic rings. The second kappa shape index (κ2) is 14.4. The maximum Gasteiger partial charge on any atom is 0.222 e. The van der Waals surface area contributed by atoms with Gasteiger partial charge < -0.3 is 25.3 Å². The van der Waals surface area contributed by atoms with Crippen LogP contribution in [0, 0.1) is 5.92 Å². The summed E-state index contributed by atoms with van der Waals surface area (Å²) in [4.78, 5) is 23.5. The van der Waals surface area contributed by atoms with Crippen LogP contribution in [-0.4, -0.2) is 98.6 Å². The number of aliphatic imine (C=N–C) groups is 1. The number of nitrogens with zero attached hydrogens (tertiary/aromatic N) is 4. The van der Waals surface area contributed by atoms with E-state index in [1.165, 1.54) is 26.2 Å². The third-order valence-corrected chi connectivity index (χ3v) is 5.46. The van der Waals surface area contributed by atoms with Crippen LogP contribution in [0.2, 0.25) is 0 Å². The zero-order valence-electron chi connectivity index (χ0n) is 18.1. The van der Waals surface area contributed by atoms with Gasteiger partial charge in [0.2, 0.25) is 5.91 Å². The van der Waals surface area contributed by atoms with E-state index in [-0.39, 0.29) is 24.0 Å². The fourth-order valence-electron chi connectivity index (χ4n) is 3.79. The van der Waals surface area contributed by atoms with Crippen molar-refractivity contribution in [2.24, 2.45) is 10.9 Å². The fourth-order valence-corrected chi connectivity index (χ4v) is 3.79.